The van der Waals surface area contributed by atoms with Crippen LogP contribution in [0.2, 0.25) is 10.0 Å². The topological polar surface area (TPSA) is 92.3 Å². The SMILES string of the molecule is CN1CCC(CC(=O)c2ccc(Nc3ncc(Cl)c(Cc4ccc(Cl)c(CS(=O)(=O)C(C)(C)C)c4)n3)cc2F)CC1. The summed E-state index contributed by atoms with van der Waals surface area (Å²) in [6.45, 7) is 6.87. The number of likely N-dealkylation sites (tertiary alicyclic amines) is 1. The molecule has 2 heterocycles. The molecule has 1 fully saturated rings. The molecular weight excluding hydrogens is 586 g/mol. The Bertz CT molecular complexity index is 1540. The average molecular weight is 622 g/mol. The number of anilines is 2. The smallest absolute Gasteiger partial charge is 0.227 e. The zero-order chi connectivity index (χ0) is 29.9. The highest BCUT2D eigenvalue weighted by Gasteiger charge is 2.30. The van der Waals surface area contributed by atoms with Gasteiger partial charge in [0.15, 0.2) is 15.6 Å². The van der Waals surface area contributed by atoms with Gasteiger partial charge in [0.05, 0.1) is 33.0 Å². The first-order chi connectivity index (χ1) is 19.2. The van der Waals surface area contributed by atoms with Crippen molar-refractivity contribution in [2.45, 2.75) is 57.0 Å². The fourth-order valence-electron chi connectivity index (χ4n) is 4.64. The van der Waals surface area contributed by atoms with Crippen LogP contribution in [-0.2, 0) is 22.0 Å². The standard InChI is InChI=1S/C30H35Cl2FN4O3S/c1-30(2,3)41(39,40)18-21-13-20(5-8-24(21)31)14-27-25(32)17-34-29(36-27)35-22-6-7-23(26(33)16-22)28(38)15-19-9-11-37(4)12-10-19/h5-8,13,16-17,19H,9-12,14-15,18H2,1-4H3,(H,34,35,36). The van der Waals surface area contributed by atoms with Crippen LogP contribution in [0.5, 0.6) is 0 Å². The van der Waals surface area contributed by atoms with Crippen molar-refractivity contribution in [1.29, 1.82) is 0 Å². The summed E-state index contributed by atoms with van der Waals surface area (Å²) in [6.07, 6.45) is 3.97. The van der Waals surface area contributed by atoms with E-state index in [2.05, 4.69) is 27.2 Å². The number of hydrogen-bond acceptors (Lipinski definition) is 7. The number of carbonyl (C=O) groups excluding carboxylic acids is 1. The minimum Gasteiger partial charge on any atom is -0.324 e. The van der Waals surface area contributed by atoms with Crippen molar-refractivity contribution < 1.29 is 17.6 Å². The van der Waals surface area contributed by atoms with Crippen molar-refractivity contribution in [1.82, 2.24) is 14.9 Å². The van der Waals surface area contributed by atoms with Crippen LogP contribution in [0.15, 0.2) is 42.6 Å². The average Bonchev–Trinajstić information content (AvgIpc) is 2.88. The molecule has 3 aromatic rings. The molecule has 0 saturated carbocycles. The molecule has 1 N–H and O–H groups in total. The number of hydrogen-bond donors (Lipinski definition) is 1. The molecule has 4 rings (SSSR count). The van der Waals surface area contributed by atoms with Crippen LogP contribution in [0.4, 0.5) is 16.0 Å². The zero-order valence-corrected chi connectivity index (χ0v) is 26.0. The molecule has 0 bridgehead atoms. The van der Waals surface area contributed by atoms with Crippen molar-refractivity contribution >= 4 is 50.5 Å². The summed E-state index contributed by atoms with van der Waals surface area (Å²) >= 11 is 12.7. The molecule has 1 saturated heterocycles. The van der Waals surface area contributed by atoms with Gasteiger partial charge in [-0.25, -0.2) is 22.8 Å². The number of aromatic nitrogens is 2. The number of Topliss-reactive ketones (excluding diaryl/α,β-unsaturated/α-hetero) is 1. The van der Waals surface area contributed by atoms with Crippen LogP contribution < -0.4 is 5.32 Å². The number of halogens is 3. The van der Waals surface area contributed by atoms with Gasteiger partial charge in [-0.2, -0.15) is 0 Å². The minimum absolute atomic E-state index is 0.0826. The maximum absolute atomic E-state index is 14.9. The molecule has 0 atom stereocenters. The van der Waals surface area contributed by atoms with E-state index in [4.69, 9.17) is 23.2 Å². The lowest BCUT2D eigenvalue weighted by molar-refractivity contribution is 0.0932. The molecule has 0 amide bonds. The van der Waals surface area contributed by atoms with Crippen LogP contribution in [0, 0.1) is 11.7 Å². The summed E-state index contributed by atoms with van der Waals surface area (Å²) in [6, 6.07) is 9.58. The van der Waals surface area contributed by atoms with Crippen molar-refractivity contribution in [2.75, 3.05) is 25.5 Å². The number of rotatable bonds is 9. The van der Waals surface area contributed by atoms with E-state index >= 15 is 0 Å². The van der Waals surface area contributed by atoms with Crippen molar-refractivity contribution in [3.05, 3.63) is 80.8 Å². The first-order valence-electron chi connectivity index (χ1n) is 13.5. The van der Waals surface area contributed by atoms with E-state index in [1.807, 2.05) is 0 Å². The molecule has 7 nitrogen and oxygen atoms in total. The second-order valence-corrected chi connectivity index (χ2v) is 15.2. The zero-order valence-electron chi connectivity index (χ0n) is 23.7. The van der Waals surface area contributed by atoms with Gasteiger partial charge in [-0.15, -0.1) is 0 Å². The maximum Gasteiger partial charge on any atom is 0.227 e. The Morgan fingerprint density at radius 2 is 1.80 bits per heavy atom. The van der Waals surface area contributed by atoms with E-state index in [-0.39, 0.29) is 29.0 Å². The predicted molar refractivity (Wildman–Crippen MR) is 163 cm³/mol. The quantitative estimate of drug-likeness (QED) is 0.260. The Labute approximate surface area is 251 Å². The monoisotopic (exact) mass is 620 g/mol. The summed E-state index contributed by atoms with van der Waals surface area (Å²) in [5.74, 6) is -0.488. The largest absolute Gasteiger partial charge is 0.324 e. The van der Waals surface area contributed by atoms with E-state index in [0.29, 0.717) is 39.8 Å². The molecule has 0 spiro atoms. The van der Waals surface area contributed by atoms with Crippen molar-refractivity contribution in [3.8, 4) is 0 Å². The summed E-state index contributed by atoms with van der Waals surface area (Å²) in [7, 11) is -1.37. The van der Waals surface area contributed by atoms with Crippen molar-refractivity contribution in [3.63, 3.8) is 0 Å². The first kappa shape index (κ1) is 31.3. The lowest BCUT2D eigenvalue weighted by Crippen LogP contribution is -2.31. The summed E-state index contributed by atoms with van der Waals surface area (Å²) < 4.78 is 39.5. The van der Waals surface area contributed by atoms with Gasteiger partial charge >= 0.3 is 0 Å². The van der Waals surface area contributed by atoms with Gasteiger partial charge in [-0.1, -0.05) is 35.3 Å². The number of sulfone groups is 1. The molecule has 1 aromatic heterocycles. The molecule has 0 aliphatic carbocycles. The third-order valence-corrected chi connectivity index (χ3v) is 10.7. The molecule has 220 valence electrons. The molecule has 0 unspecified atom stereocenters. The second kappa shape index (κ2) is 12.7. The fraction of sp³-hybridized carbons (Fsp3) is 0.433. The summed E-state index contributed by atoms with van der Waals surface area (Å²) in [4.78, 5) is 23.7. The first-order valence-corrected chi connectivity index (χ1v) is 15.9. The van der Waals surface area contributed by atoms with Gasteiger partial charge in [-0.05, 0) is 95.1 Å². The van der Waals surface area contributed by atoms with Gasteiger partial charge in [0.25, 0.3) is 0 Å². The van der Waals surface area contributed by atoms with E-state index in [9.17, 15) is 17.6 Å². The van der Waals surface area contributed by atoms with Gasteiger partial charge in [0.2, 0.25) is 5.95 Å². The summed E-state index contributed by atoms with van der Waals surface area (Å²) in [5.41, 5.74) is 2.26. The molecule has 11 heteroatoms. The highest BCUT2D eigenvalue weighted by molar-refractivity contribution is 7.91. The van der Waals surface area contributed by atoms with Gasteiger partial charge in [0, 0.05) is 23.6 Å². The Hall–Kier alpha value is -2.59. The van der Waals surface area contributed by atoms with Crippen molar-refractivity contribution in [2.24, 2.45) is 5.92 Å². The number of nitrogens with zero attached hydrogens (tertiary/aromatic N) is 3. The Kier molecular flexibility index (Phi) is 9.74. The highest BCUT2D eigenvalue weighted by atomic mass is 35.5. The number of nitrogens with one attached hydrogen (secondary N) is 1. The van der Waals surface area contributed by atoms with Gasteiger partial charge in [0.1, 0.15) is 5.82 Å². The third kappa shape index (κ3) is 8.03. The molecule has 2 aromatic carbocycles. The van der Waals surface area contributed by atoms with E-state index < -0.39 is 20.4 Å². The van der Waals surface area contributed by atoms with Crippen LogP contribution in [0.25, 0.3) is 0 Å². The predicted octanol–water partition coefficient (Wildman–Crippen LogP) is 6.88. The highest BCUT2D eigenvalue weighted by Crippen LogP contribution is 2.28. The number of carbonyl (C=O) groups is 1. The Balaban J connectivity index is 1.46. The van der Waals surface area contributed by atoms with E-state index in [1.165, 1.54) is 18.3 Å². The lowest BCUT2D eigenvalue weighted by atomic mass is 9.90. The third-order valence-electron chi connectivity index (χ3n) is 7.41. The van der Waals surface area contributed by atoms with E-state index in [0.717, 1.165) is 31.5 Å². The van der Waals surface area contributed by atoms with Gasteiger partial charge in [-0.3, -0.25) is 4.79 Å². The summed E-state index contributed by atoms with van der Waals surface area (Å²) in [5, 5.41) is 3.68. The van der Waals surface area contributed by atoms with Crippen LogP contribution in [0.3, 0.4) is 0 Å². The Morgan fingerprint density at radius 1 is 1.10 bits per heavy atom. The molecule has 41 heavy (non-hydrogen) atoms. The van der Waals surface area contributed by atoms with Crippen LogP contribution >= 0.6 is 23.2 Å². The molecule has 0 radical (unpaired) electrons. The lowest BCUT2D eigenvalue weighted by Gasteiger charge is -2.28. The number of benzene rings is 2. The van der Waals surface area contributed by atoms with Crippen LogP contribution in [0.1, 0.15) is 67.2 Å². The van der Waals surface area contributed by atoms with Gasteiger partial charge < -0.3 is 10.2 Å². The Morgan fingerprint density at radius 3 is 2.46 bits per heavy atom. The maximum atomic E-state index is 14.9. The fourth-order valence-corrected chi connectivity index (χ4v) is 6.14. The van der Waals surface area contributed by atoms with E-state index in [1.54, 1.807) is 45.0 Å². The normalized spacial score (nSPS) is 15.2. The molecular formula is C30H35Cl2FN4O3S. The molecule has 1 aliphatic heterocycles. The second-order valence-electron chi connectivity index (χ2n) is 11.7. The minimum atomic E-state index is -3.43. The number of piperidine rings is 1. The van der Waals surface area contributed by atoms with Crippen LogP contribution in [-0.4, -0.2) is 54.0 Å². The number of ketones is 1. The molecule has 1 aliphatic rings.